The fourth-order valence-corrected chi connectivity index (χ4v) is 2.45. The van der Waals surface area contributed by atoms with Crippen LogP contribution in [0, 0.1) is 13.8 Å². The maximum atomic E-state index is 6.44. The number of aromatic nitrogens is 6. The van der Waals surface area contributed by atoms with Gasteiger partial charge < -0.3 is 0 Å². The van der Waals surface area contributed by atoms with E-state index in [2.05, 4.69) is 33.5 Å². The fourth-order valence-electron chi connectivity index (χ4n) is 2.18. The van der Waals surface area contributed by atoms with Gasteiger partial charge in [-0.1, -0.05) is 29.3 Å². The van der Waals surface area contributed by atoms with Crippen LogP contribution < -0.4 is 0 Å². The molecule has 0 bridgehead atoms. The van der Waals surface area contributed by atoms with Gasteiger partial charge in [0.05, 0.1) is 24.0 Å². The van der Waals surface area contributed by atoms with Crippen LogP contribution in [0.2, 0.25) is 5.15 Å². The smallest absolute Gasteiger partial charge is 0.209 e. The average Bonchev–Trinajstić information content (AvgIpc) is 3.06. The minimum atomic E-state index is 0.484. The second-order valence-electron chi connectivity index (χ2n) is 4.85. The van der Waals surface area contributed by atoms with Gasteiger partial charge in [-0.3, -0.25) is 0 Å². The van der Waals surface area contributed by atoms with E-state index in [1.165, 1.54) is 10.4 Å². The van der Waals surface area contributed by atoms with Crippen molar-refractivity contribution < 1.29 is 0 Å². The van der Waals surface area contributed by atoms with Gasteiger partial charge in [-0.15, -0.1) is 10.2 Å². The molecule has 0 spiro atoms. The van der Waals surface area contributed by atoms with Gasteiger partial charge in [0.25, 0.3) is 0 Å². The maximum absolute atomic E-state index is 6.44. The van der Waals surface area contributed by atoms with E-state index in [0.29, 0.717) is 23.1 Å². The molecule has 108 valence electrons. The Morgan fingerprint density at radius 3 is 2.71 bits per heavy atom. The topological polar surface area (TPSA) is 61.4 Å². The summed E-state index contributed by atoms with van der Waals surface area (Å²) in [5.74, 6) is 0.484. The lowest BCUT2D eigenvalue weighted by molar-refractivity contribution is 0.553. The summed E-state index contributed by atoms with van der Waals surface area (Å²) in [5, 5.41) is 17.0. The quantitative estimate of drug-likeness (QED) is 0.746. The summed E-state index contributed by atoms with van der Waals surface area (Å²) in [6, 6.07) is 6.13. The van der Waals surface area contributed by atoms with Crippen LogP contribution >= 0.6 is 11.6 Å². The van der Waals surface area contributed by atoms with Crippen molar-refractivity contribution in [2.45, 2.75) is 27.3 Å². The van der Waals surface area contributed by atoms with E-state index in [0.717, 1.165) is 11.3 Å². The summed E-state index contributed by atoms with van der Waals surface area (Å²) in [4.78, 5) is 1.51. The van der Waals surface area contributed by atoms with E-state index in [-0.39, 0.29) is 0 Å². The highest BCUT2D eigenvalue weighted by Crippen LogP contribution is 2.28. The summed E-state index contributed by atoms with van der Waals surface area (Å²) >= 11 is 6.44. The van der Waals surface area contributed by atoms with Crippen LogP contribution in [0.3, 0.4) is 0 Å². The lowest BCUT2D eigenvalue weighted by Crippen LogP contribution is -1.99. The van der Waals surface area contributed by atoms with Gasteiger partial charge in [-0.2, -0.15) is 9.90 Å². The number of benzene rings is 1. The first-order chi connectivity index (χ1) is 10.1. The van der Waals surface area contributed by atoms with Crippen molar-refractivity contribution in [3.05, 3.63) is 40.7 Å². The van der Waals surface area contributed by atoms with Crippen molar-refractivity contribution >= 4 is 11.6 Å². The van der Waals surface area contributed by atoms with Crippen molar-refractivity contribution in [2.24, 2.45) is 0 Å². The molecule has 0 amide bonds. The van der Waals surface area contributed by atoms with Gasteiger partial charge in [0, 0.05) is 0 Å². The van der Waals surface area contributed by atoms with Crippen LogP contribution in [0.15, 0.2) is 24.4 Å². The summed E-state index contributed by atoms with van der Waals surface area (Å²) < 4.78 is 1.69. The minimum Gasteiger partial charge on any atom is -0.221 e. The van der Waals surface area contributed by atoms with E-state index in [1.807, 2.05) is 26.0 Å². The van der Waals surface area contributed by atoms with Crippen LogP contribution in [-0.4, -0.2) is 30.0 Å². The molecular weight excluding hydrogens is 288 g/mol. The highest BCUT2D eigenvalue weighted by molar-refractivity contribution is 6.32. The number of rotatable bonds is 3. The highest BCUT2D eigenvalue weighted by atomic mass is 35.5. The van der Waals surface area contributed by atoms with E-state index >= 15 is 0 Å². The van der Waals surface area contributed by atoms with Gasteiger partial charge in [-0.05, 0) is 37.6 Å². The highest BCUT2D eigenvalue weighted by Gasteiger charge is 2.17. The average molecular weight is 303 g/mol. The molecule has 0 saturated heterocycles. The van der Waals surface area contributed by atoms with Crippen LogP contribution in [0.1, 0.15) is 18.1 Å². The summed E-state index contributed by atoms with van der Waals surface area (Å²) in [6.45, 7) is 6.70. The molecule has 3 aromatic rings. The maximum Gasteiger partial charge on any atom is 0.209 e. The monoisotopic (exact) mass is 302 g/mol. The molecule has 0 unspecified atom stereocenters. The zero-order valence-electron chi connectivity index (χ0n) is 12.1. The van der Waals surface area contributed by atoms with E-state index in [4.69, 9.17) is 11.6 Å². The van der Waals surface area contributed by atoms with Crippen LogP contribution in [0.4, 0.5) is 0 Å². The number of halogens is 1. The Hall–Kier alpha value is -2.21. The van der Waals surface area contributed by atoms with Crippen molar-refractivity contribution in [3.8, 4) is 17.1 Å². The Kier molecular flexibility index (Phi) is 3.47. The minimum absolute atomic E-state index is 0.484. The van der Waals surface area contributed by atoms with Crippen LogP contribution in [0.25, 0.3) is 17.1 Å². The Labute approximate surface area is 127 Å². The first-order valence-electron chi connectivity index (χ1n) is 6.69. The molecule has 0 saturated carbocycles. The number of nitrogens with zero attached hydrogens (tertiary/aromatic N) is 6. The molecule has 0 atom stereocenters. The molecular formula is C14H15ClN6. The van der Waals surface area contributed by atoms with Crippen molar-refractivity contribution in [1.29, 1.82) is 0 Å². The van der Waals surface area contributed by atoms with Crippen molar-refractivity contribution in [3.63, 3.8) is 0 Å². The number of aryl methyl sites for hydroxylation is 3. The van der Waals surface area contributed by atoms with Crippen LogP contribution in [-0.2, 0) is 6.54 Å². The molecule has 6 nitrogen and oxygen atoms in total. The van der Waals surface area contributed by atoms with Gasteiger partial charge in [-0.25, -0.2) is 4.68 Å². The molecule has 0 aliphatic rings. The second-order valence-corrected chi connectivity index (χ2v) is 5.21. The zero-order valence-corrected chi connectivity index (χ0v) is 12.8. The number of tetrazole rings is 1. The number of hydrogen-bond acceptors (Lipinski definition) is 4. The van der Waals surface area contributed by atoms with Gasteiger partial charge in [0.1, 0.15) is 5.15 Å². The Bertz CT molecular complexity index is 789. The second kappa shape index (κ2) is 5.29. The molecule has 2 heterocycles. The summed E-state index contributed by atoms with van der Waals surface area (Å²) in [7, 11) is 0. The van der Waals surface area contributed by atoms with Crippen molar-refractivity contribution in [1.82, 2.24) is 30.0 Å². The molecule has 0 aliphatic carbocycles. The molecule has 7 heteroatoms. The van der Waals surface area contributed by atoms with E-state index < -0.39 is 0 Å². The van der Waals surface area contributed by atoms with Crippen LogP contribution in [0.5, 0.6) is 0 Å². The standard InChI is InChI=1S/C14H15ClN6/c1-4-20-18-14(17-19-20)11-8-16-21(13(11)15)12-6-5-9(2)7-10(12)3/h5-8H,4H2,1-3H3. The molecule has 0 fully saturated rings. The third kappa shape index (κ3) is 2.42. The third-order valence-electron chi connectivity index (χ3n) is 3.27. The fraction of sp³-hybridized carbons (Fsp3) is 0.286. The Morgan fingerprint density at radius 1 is 1.24 bits per heavy atom. The van der Waals surface area contributed by atoms with E-state index in [1.54, 1.807) is 10.9 Å². The SMILES string of the molecule is CCn1nnc(-c2cnn(-c3ccc(C)cc3C)c2Cl)n1. The van der Waals surface area contributed by atoms with Gasteiger partial charge >= 0.3 is 0 Å². The largest absolute Gasteiger partial charge is 0.221 e. The molecule has 0 N–H and O–H groups in total. The predicted octanol–water partition coefficient (Wildman–Crippen LogP) is 2.82. The summed E-state index contributed by atoms with van der Waals surface area (Å²) in [5.41, 5.74) is 3.93. The predicted molar refractivity (Wildman–Crippen MR) is 80.5 cm³/mol. The lowest BCUT2D eigenvalue weighted by Gasteiger charge is -2.08. The van der Waals surface area contributed by atoms with Gasteiger partial charge in [0.2, 0.25) is 5.82 Å². The normalized spacial score (nSPS) is 11.0. The first kappa shape index (κ1) is 13.8. The Balaban J connectivity index is 2.06. The molecule has 2 aromatic heterocycles. The molecule has 3 rings (SSSR count). The zero-order chi connectivity index (χ0) is 15.0. The molecule has 0 radical (unpaired) electrons. The van der Waals surface area contributed by atoms with E-state index in [9.17, 15) is 0 Å². The van der Waals surface area contributed by atoms with Gasteiger partial charge in [0.15, 0.2) is 0 Å². The first-order valence-corrected chi connectivity index (χ1v) is 7.07. The summed E-state index contributed by atoms with van der Waals surface area (Å²) in [6.07, 6.45) is 1.67. The molecule has 1 aromatic carbocycles. The lowest BCUT2D eigenvalue weighted by atomic mass is 10.1. The number of hydrogen-bond donors (Lipinski definition) is 0. The third-order valence-corrected chi connectivity index (χ3v) is 3.63. The van der Waals surface area contributed by atoms with Crippen molar-refractivity contribution in [2.75, 3.05) is 0 Å². The molecule has 0 aliphatic heterocycles. The Morgan fingerprint density at radius 2 is 2.05 bits per heavy atom. The molecule has 21 heavy (non-hydrogen) atoms.